The second-order valence-electron chi connectivity index (χ2n) is 2.85. The Morgan fingerprint density at radius 3 is 2.31 bits per heavy atom. The molecule has 0 unspecified atom stereocenters. The maximum Gasteiger partial charge on any atom is 0.278 e. The van der Waals surface area contributed by atoms with Crippen molar-refractivity contribution >= 4 is 5.91 Å². The largest absolute Gasteiger partial charge is 0.466 e. The van der Waals surface area contributed by atoms with E-state index < -0.39 is 0 Å². The molecule has 1 amide bonds. The van der Waals surface area contributed by atoms with Gasteiger partial charge in [0.2, 0.25) is 0 Å². The zero-order valence-corrected chi connectivity index (χ0v) is 8.22. The van der Waals surface area contributed by atoms with Crippen molar-refractivity contribution in [3.8, 4) is 0 Å². The lowest BCUT2D eigenvalue weighted by atomic mass is 10.1. The van der Waals surface area contributed by atoms with Gasteiger partial charge >= 0.3 is 0 Å². The summed E-state index contributed by atoms with van der Waals surface area (Å²) in [5.41, 5.74) is 3.67. The van der Waals surface area contributed by atoms with Gasteiger partial charge in [0.05, 0.1) is 12.7 Å². The number of carbonyl (C=O) groups excluding carboxylic acids is 1. The predicted molar refractivity (Wildman–Crippen MR) is 47.4 cm³/mol. The number of hydroxylamine groups is 1. The quantitative estimate of drug-likeness (QED) is 0.707. The van der Waals surface area contributed by atoms with Gasteiger partial charge in [-0.15, -0.1) is 0 Å². The minimum absolute atomic E-state index is 0.269. The number of nitrogens with one attached hydrogen (secondary N) is 1. The summed E-state index contributed by atoms with van der Waals surface area (Å²) in [6.45, 7) is 5.42. The van der Waals surface area contributed by atoms with Gasteiger partial charge in [-0.3, -0.25) is 9.63 Å². The van der Waals surface area contributed by atoms with Gasteiger partial charge in [-0.2, -0.15) is 0 Å². The molecule has 1 aromatic heterocycles. The van der Waals surface area contributed by atoms with Crippen LogP contribution in [0.1, 0.15) is 27.4 Å². The zero-order chi connectivity index (χ0) is 10.0. The molecule has 0 aliphatic rings. The summed E-state index contributed by atoms with van der Waals surface area (Å²) in [5, 5.41) is 0. The van der Waals surface area contributed by atoms with Crippen LogP contribution in [-0.2, 0) is 4.84 Å². The summed E-state index contributed by atoms with van der Waals surface area (Å²) in [4.78, 5) is 15.9. The van der Waals surface area contributed by atoms with Gasteiger partial charge in [0.15, 0.2) is 0 Å². The number of amides is 1. The van der Waals surface area contributed by atoms with E-state index in [1.54, 1.807) is 6.92 Å². The van der Waals surface area contributed by atoms with Gasteiger partial charge < -0.3 is 4.42 Å². The molecule has 1 aromatic rings. The summed E-state index contributed by atoms with van der Waals surface area (Å²) in [6.07, 6.45) is 0. The van der Waals surface area contributed by atoms with E-state index >= 15 is 0 Å². The molecule has 1 rings (SSSR count). The second-order valence-corrected chi connectivity index (χ2v) is 2.85. The lowest BCUT2D eigenvalue weighted by Gasteiger charge is -2.00. The van der Waals surface area contributed by atoms with Crippen LogP contribution < -0.4 is 5.48 Å². The maximum atomic E-state index is 11.4. The third-order valence-corrected chi connectivity index (χ3v) is 1.98. The molecule has 0 aliphatic heterocycles. The Labute approximate surface area is 76.8 Å². The highest BCUT2D eigenvalue weighted by molar-refractivity contribution is 5.96. The molecule has 0 atom stereocenters. The van der Waals surface area contributed by atoms with Crippen molar-refractivity contribution in [1.82, 2.24) is 5.48 Å². The molecule has 0 aromatic carbocycles. The fourth-order valence-corrected chi connectivity index (χ4v) is 1.27. The first-order valence-electron chi connectivity index (χ1n) is 3.97. The smallest absolute Gasteiger partial charge is 0.278 e. The SMILES string of the molecule is CONC(=O)c1c(C)oc(C)c1C. The Balaban J connectivity index is 3.06. The zero-order valence-electron chi connectivity index (χ0n) is 8.22. The molecule has 1 N–H and O–H groups in total. The van der Waals surface area contributed by atoms with E-state index in [-0.39, 0.29) is 5.91 Å². The van der Waals surface area contributed by atoms with Crippen LogP contribution in [0.15, 0.2) is 4.42 Å². The molecule has 4 heteroatoms. The maximum absolute atomic E-state index is 11.4. The fourth-order valence-electron chi connectivity index (χ4n) is 1.27. The number of carbonyl (C=O) groups is 1. The predicted octanol–water partition coefficient (Wildman–Crippen LogP) is 1.50. The first-order valence-corrected chi connectivity index (χ1v) is 3.97. The summed E-state index contributed by atoms with van der Waals surface area (Å²) < 4.78 is 5.30. The van der Waals surface area contributed by atoms with Crippen LogP contribution in [0.4, 0.5) is 0 Å². The molecule has 13 heavy (non-hydrogen) atoms. The molecular weight excluding hydrogens is 170 g/mol. The third-order valence-electron chi connectivity index (χ3n) is 1.98. The van der Waals surface area contributed by atoms with Gasteiger partial charge in [-0.05, 0) is 20.8 Å². The lowest BCUT2D eigenvalue weighted by Crippen LogP contribution is -2.22. The first-order chi connectivity index (χ1) is 6.07. The molecule has 4 nitrogen and oxygen atoms in total. The van der Waals surface area contributed by atoms with E-state index in [2.05, 4.69) is 10.3 Å². The monoisotopic (exact) mass is 183 g/mol. The molecule has 0 spiro atoms. The van der Waals surface area contributed by atoms with Crippen LogP contribution in [-0.4, -0.2) is 13.0 Å². The molecule has 0 bridgehead atoms. The minimum Gasteiger partial charge on any atom is -0.466 e. The van der Waals surface area contributed by atoms with Gasteiger partial charge in [0, 0.05) is 5.56 Å². The summed E-state index contributed by atoms with van der Waals surface area (Å²) in [7, 11) is 1.40. The number of furan rings is 1. The van der Waals surface area contributed by atoms with Crippen LogP contribution >= 0.6 is 0 Å². The number of hydrogen-bond acceptors (Lipinski definition) is 3. The number of hydrogen-bond donors (Lipinski definition) is 1. The van der Waals surface area contributed by atoms with E-state index in [0.717, 1.165) is 11.3 Å². The topological polar surface area (TPSA) is 51.5 Å². The van der Waals surface area contributed by atoms with E-state index in [4.69, 9.17) is 4.42 Å². The van der Waals surface area contributed by atoms with Crippen molar-refractivity contribution in [2.75, 3.05) is 7.11 Å². The fraction of sp³-hybridized carbons (Fsp3) is 0.444. The van der Waals surface area contributed by atoms with Gasteiger partial charge in [-0.25, -0.2) is 5.48 Å². The average molecular weight is 183 g/mol. The molecule has 0 aliphatic carbocycles. The van der Waals surface area contributed by atoms with Crippen LogP contribution in [0.25, 0.3) is 0 Å². The minimum atomic E-state index is -0.269. The highest BCUT2D eigenvalue weighted by atomic mass is 16.6. The second kappa shape index (κ2) is 3.62. The van der Waals surface area contributed by atoms with Crippen molar-refractivity contribution in [3.63, 3.8) is 0 Å². The Hall–Kier alpha value is -1.29. The molecule has 0 saturated carbocycles. The van der Waals surface area contributed by atoms with E-state index in [1.165, 1.54) is 7.11 Å². The van der Waals surface area contributed by atoms with Crippen molar-refractivity contribution < 1.29 is 14.0 Å². The Morgan fingerprint density at radius 2 is 1.92 bits per heavy atom. The van der Waals surface area contributed by atoms with Crippen molar-refractivity contribution in [3.05, 3.63) is 22.6 Å². The highest BCUT2D eigenvalue weighted by Crippen LogP contribution is 2.20. The average Bonchev–Trinajstić information content (AvgIpc) is 2.27. The molecule has 1 heterocycles. The number of aryl methyl sites for hydroxylation is 2. The molecule has 0 saturated heterocycles. The highest BCUT2D eigenvalue weighted by Gasteiger charge is 2.17. The van der Waals surface area contributed by atoms with Crippen molar-refractivity contribution in [1.29, 1.82) is 0 Å². The Morgan fingerprint density at radius 1 is 1.31 bits per heavy atom. The first kappa shape index (κ1) is 9.80. The van der Waals surface area contributed by atoms with Crippen molar-refractivity contribution in [2.45, 2.75) is 20.8 Å². The summed E-state index contributed by atoms with van der Waals surface area (Å²) in [5.74, 6) is 1.11. The van der Waals surface area contributed by atoms with E-state index in [1.807, 2.05) is 13.8 Å². The van der Waals surface area contributed by atoms with Gasteiger partial charge in [0.25, 0.3) is 5.91 Å². The van der Waals surface area contributed by atoms with Crippen LogP contribution in [0.5, 0.6) is 0 Å². The Kier molecular flexibility index (Phi) is 2.72. The standard InChI is InChI=1S/C9H13NO3/c1-5-6(2)13-7(3)8(5)9(11)10-12-4/h1-4H3,(H,10,11). The molecule has 0 fully saturated rings. The van der Waals surface area contributed by atoms with Gasteiger partial charge in [-0.1, -0.05) is 0 Å². The van der Waals surface area contributed by atoms with Crippen LogP contribution in [0.2, 0.25) is 0 Å². The summed E-state index contributed by atoms with van der Waals surface area (Å²) in [6, 6.07) is 0. The van der Waals surface area contributed by atoms with E-state index in [0.29, 0.717) is 11.3 Å². The van der Waals surface area contributed by atoms with Crippen LogP contribution in [0, 0.1) is 20.8 Å². The van der Waals surface area contributed by atoms with Crippen LogP contribution in [0.3, 0.4) is 0 Å². The van der Waals surface area contributed by atoms with Gasteiger partial charge in [0.1, 0.15) is 11.5 Å². The molecule has 0 radical (unpaired) electrons. The normalized spacial score (nSPS) is 10.2. The van der Waals surface area contributed by atoms with Crippen molar-refractivity contribution in [2.24, 2.45) is 0 Å². The third kappa shape index (κ3) is 1.72. The van der Waals surface area contributed by atoms with E-state index in [9.17, 15) is 4.79 Å². The molecular formula is C9H13NO3. The molecule has 72 valence electrons. The lowest BCUT2D eigenvalue weighted by molar-refractivity contribution is 0.0535. The Bertz CT molecular complexity index is 328. The summed E-state index contributed by atoms with van der Waals surface area (Å²) >= 11 is 0. The number of rotatable bonds is 2.